The van der Waals surface area contributed by atoms with Gasteiger partial charge in [0.1, 0.15) is 23.8 Å². The molecule has 1 saturated heterocycles. The van der Waals surface area contributed by atoms with E-state index in [0.29, 0.717) is 12.1 Å². The van der Waals surface area contributed by atoms with E-state index >= 15 is 0 Å². The molecule has 0 radical (unpaired) electrons. The minimum absolute atomic E-state index is 0.00487. The first kappa shape index (κ1) is 30.3. The molecule has 0 unspecified atom stereocenters. The molecular formula is C26H37FN2O7S. The van der Waals surface area contributed by atoms with Crippen molar-refractivity contribution < 1.29 is 36.7 Å². The number of nitrogens with zero attached hydrogens (tertiary/aromatic N) is 2. The number of piperazine rings is 1. The fourth-order valence-corrected chi connectivity index (χ4v) is 4.89. The highest BCUT2D eigenvalue weighted by atomic mass is 32.2. The minimum atomic E-state index is -3.82. The van der Waals surface area contributed by atoms with Crippen molar-refractivity contribution in [2.24, 2.45) is 5.41 Å². The Morgan fingerprint density at radius 1 is 1.03 bits per heavy atom. The number of esters is 1. The van der Waals surface area contributed by atoms with Crippen molar-refractivity contribution in [3.63, 3.8) is 0 Å². The standard InChI is InChI=1S/C26H37FN2O7S/c1-25(2,3)24(32)28-13-14-29(22(30)16-28)18-37(33,34)21-10-8-20(9-11-21)35-17-19(15-27)7-12-23(31)36-26(4,5)6/h8-11,15H,7,12-14,16-18H2,1-6H3/b19-15+. The van der Waals surface area contributed by atoms with Gasteiger partial charge in [0.05, 0.1) is 17.8 Å². The second-order valence-corrected chi connectivity index (χ2v) is 13.0. The van der Waals surface area contributed by atoms with Crippen molar-refractivity contribution in [1.82, 2.24) is 9.80 Å². The van der Waals surface area contributed by atoms with Gasteiger partial charge in [-0.25, -0.2) is 12.8 Å². The molecule has 0 spiro atoms. The number of hydrogen-bond acceptors (Lipinski definition) is 7. The molecule has 0 atom stereocenters. The zero-order chi connectivity index (χ0) is 28.0. The highest BCUT2D eigenvalue weighted by molar-refractivity contribution is 7.91. The van der Waals surface area contributed by atoms with Gasteiger partial charge in [-0.05, 0) is 57.0 Å². The number of ether oxygens (including phenoxy) is 2. The van der Waals surface area contributed by atoms with Gasteiger partial charge in [0.25, 0.3) is 0 Å². The third kappa shape index (κ3) is 9.46. The van der Waals surface area contributed by atoms with E-state index in [1.807, 2.05) is 0 Å². The zero-order valence-electron chi connectivity index (χ0n) is 22.4. The molecule has 0 saturated carbocycles. The summed E-state index contributed by atoms with van der Waals surface area (Å²) in [6.07, 6.45) is 0.514. The van der Waals surface area contributed by atoms with Crippen LogP contribution in [0.4, 0.5) is 4.39 Å². The van der Waals surface area contributed by atoms with Gasteiger partial charge in [0, 0.05) is 24.9 Å². The summed E-state index contributed by atoms with van der Waals surface area (Å²) >= 11 is 0. The maximum Gasteiger partial charge on any atom is 0.306 e. The average molecular weight is 541 g/mol. The summed E-state index contributed by atoms with van der Waals surface area (Å²) in [5.74, 6) is -1.20. The largest absolute Gasteiger partial charge is 0.489 e. The van der Waals surface area contributed by atoms with E-state index < -0.39 is 38.6 Å². The van der Waals surface area contributed by atoms with Crippen LogP contribution in [-0.4, -0.2) is 73.7 Å². The molecule has 0 aromatic heterocycles. The Balaban J connectivity index is 1.91. The lowest BCUT2D eigenvalue weighted by molar-refractivity contribution is -0.154. The minimum Gasteiger partial charge on any atom is -0.489 e. The Morgan fingerprint density at radius 2 is 1.65 bits per heavy atom. The van der Waals surface area contributed by atoms with Crippen molar-refractivity contribution in [1.29, 1.82) is 0 Å². The van der Waals surface area contributed by atoms with Crippen LogP contribution in [0.25, 0.3) is 0 Å². The molecule has 2 amide bonds. The van der Waals surface area contributed by atoms with Crippen LogP contribution in [0.3, 0.4) is 0 Å². The summed E-state index contributed by atoms with van der Waals surface area (Å²) in [6.45, 7) is 10.7. The lowest BCUT2D eigenvalue weighted by Gasteiger charge is -2.36. The van der Waals surface area contributed by atoms with Gasteiger partial charge in [0.2, 0.25) is 11.8 Å². The number of amides is 2. The predicted molar refractivity (Wildman–Crippen MR) is 136 cm³/mol. The predicted octanol–water partition coefficient (Wildman–Crippen LogP) is 3.49. The van der Waals surface area contributed by atoms with Gasteiger partial charge in [-0.1, -0.05) is 20.8 Å². The number of rotatable bonds is 9. The van der Waals surface area contributed by atoms with Crippen molar-refractivity contribution in [2.75, 3.05) is 32.1 Å². The SMILES string of the molecule is CC(C)(C)OC(=O)CC/C(=C\F)COc1ccc(S(=O)(=O)CN2CCN(C(=O)C(C)(C)C)CC2=O)cc1. The topological polar surface area (TPSA) is 110 Å². The summed E-state index contributed by atoms with van der Waals surface area (Å²) in [4.78, 5) is 39.5. The maximum atomic E-state index is 13.2. The van der Waals surface area contributed by atoms with E-state index in [1.165, 1.54) is 34.1 Å². The molecule has 1 heterocycles. The third-order valence-corrected chi connectivity index (χ3v) is 7.05. The summed E-state index contributed by atoms with van der Waals surface area (Å²) in [6, 6.07) is 5.60. The quantitative estimate of drug-likeness (QED) is 0.441. The number of carbonyl (C=O) groups excluding carboxylic acids is 3. The van der Waals surface area contributed by atoms with Gasteiger partial charge in [-0.3, -0.25) is 14.4 Å². The van der Waals surface area contributed by atoms with E-state index in [4.69, 9.17) is 9.47 Å². The Kier molecular flexibility index (Phi) is 9.87. The van der Waals surface area contributed by atoms with Crippen LogP contribution in [-0.2, 0) is 29.0 Å². The van der Waals surface area contributed by atoms with Crippen LogP contribution in [0.2, 0.25) is 0 Å². The Labute approximate surface area is 218 Å². The molecule has 206 valence electrons. The first-order valence-electron chi connectivity index (χ1n) is 12.0. The Morgan fingerprint density at radius 3 is 2.16 bits per heavy atom. The van der Waals surface area contributed by atoms with Gasteiger partial charge in [0.15, 0.2) is 9.84 Å². The van der Waals surface area contributed by atoms with Crippen molar-refractivity contribution in [2.45, 2.75) is 64.9 Å². The van der Waals surface area contributed by atoms with Crippen LogP contribution < -0.4 is 4.74 Å². The summed E-state index contributed by atoms with van der Waals surface area (Å²) in [7, 11) is -3.82. The number of sulfone groups is 1. The fourth-order valence-electron chi connectivity index (χ4n) is 3.50. The molecule has 2 rings (SSSR count). The fraction of sp³-hybridized carbons (Fsp3) is 0.577. The zero-order valence-corrected chi connectivity index (χ0v) is 23.2. The smallest absolute Gasteiger partial charge is 0.306 e. The van der Waals surface area contributed by atoms with Gasteiger partial charge in [-0.2, -0.15) is 0 Å². The van der Waals surface area contributed by atoms with Crippen LogP contribution in [0.5, 0.6) is 5.75 Å². The van der Waals surface area contributed by atoms with Crippen LogP contribution in [0, 0.1) is 5.41 Å². The number of carbonyl (C=O) groups is 3. The molecule has 11 heteroatoms. The second kappa shape index (κ2) is 12.1. The second-order valence-electron chi connectivity index (χ2n) is 11.0. The lowest BCUT2D eigenvalue weighted by Crippen LogP contribution is -2.55. The van der Waals surface area contributed by atoms with Crippen molar-refractivity contribution >= 4 is 27.6 Å². The van der Waals surface area contributed by atoms with E-state index in [0.717, 1.165) is 0 Å². The van der Waals surface area contributed by atoms with Crippen molar-refractivity contribution in [3.05, 3.63) is 36.2 Å². The number of hydrogen-bond donors (Lipinski definition) is 0. The molecule has 1 aromatic carbocycles. The number of halogens is 1. The molecule has 37 heavy (non-hydrogen) atoms. The van der Waals surface area contributed by atoms with Gasteiger partial charge < -0.3 is 19.3 Å². The van der Waals surface area contributed by atoms with Crippen molar-refractivity contribution in [3.8, 4) is 5.75 Å². The average Bonchev–Trinajstić information content (AvgIpc) is 2.78. The summed E-state index contributed by atoms with van der Waals surface area (Å²) in [5.41, 5.74) is -0.996. The summed E-state index contributed by atoms with van der Waals surface area (Å²) in [5, 5.41) is 0. The molecule has 9 nitrogen and oxygen atoms in total. The molecule has 0 aliphatic carbocycles. The Bertz CT molecular complexity index is 1120. The van der Waals surface area contributed by atoms with Crippen LogP contribution >= 0.6 is 0 Å². The molecule has 0 bridgehead atoms. The van der Waals surface area contributed by atoms with Gasteiger partial charge in [-0.15, -0.1) is 0 Å². The first-order valence-corrected chi connectivity index (χ1v) is 13.7. The maximum absolute atomic E-state index is 13.2. The van der Waals surface area contributed by atoms with Gasteiger partial charge >= 0.3 is 5.97 Å². The van der Waals surface area contributed by atoms with E-state index in [2.05, 4.69) is 0 Å². The third-order valence-electron chi connectivity index (χ3n) is 5.40. The molecule has 1 aliphatic heterocycles. The summed E-state index contributed by atoms with van der Waals surface area (Å²) < 4.78 is 49.7. The molecule has 1 fully saturated rings. The lowest BCUT2D eigenvalue weighted by atomic mass is 9.94. The first-order chi connectivity index (χ1) is 17.0. The highest BCUT2D eigenvalue weighted by Crippen LogP contribution is 2.22. The number of benzene rings is 1. The van der Waals surface area contributed by atoms with E-state index in [9.17, 15) is 27.2 Å². The monoisotopic (exact) mass is 540 g/mol. The Hall–Kier alpha value is -2.95. The van der Waals surface area contributed by atoms with Crippen LogP contribution in [0.15, 0.2) is 41.1 Å². The van der Waals surface area contributed by atoms with Crippen LogP contribution in [0.1, 0.15) is 54.4 Å². The highest BCUT2D eigenvalue weighted by Gasteiger charge is 2.34. The van der Waals surface area contributed by atoms with E-state index in [-0.39, 0.29) is 55.5 Å². The van der Waals surface area contributed by atoms with E-state index in [1.54, 1.807) is 41.5 Å². The normalized spacial score (nSPS) is 15.5. The molecule has 1 aromatic rings. The molecule has 1 aliphatic rings. The molecular weight excluding hydrogens is 503 g/mol. The molecule has 0 N–H and O–H groups in total.